The van der Waals surface area contributed by atoms with Crippen LogP contribution in [-0.2, 0) is 20.2 Å². The van der Waals surface area contributed by atoms with Crippen molar-refractivity contribution in [2.24, 2.45) is 0 Å². The summed E-state index contributed by atoms with van der Waals surface area (Å²) in [6.07, 6.45) is 0. The monoisotopic (exact) mass is 448 g/mol. The van der Waals surface area contributed by atoms with Crippen LogP contribution in [-0.4, -0.2) is 50.7 Å². The molecule has 0 aliphatic carbocycles. The molecule has 0 aliphatic rings. The van der Waals surface area contributed by atoms with Gasteiger partial charge in [0.05, 0.1) is 18.0 Å². The highest BCUT2D eigenvalue weighted by atomic mass is 32.2. The van der Waals surface area contributed by atoms with Gasteiger partial charge in [-0.15, -0.1) is 0 Å². The zero-order chi connectivity index (χ0) is 22.2. The molecule has 0 fully saturated rings. The quantitative estimate of drug-likeness (QED) is 0.234. The van der Waals surface area contributed by atoms with Crippen LogP contribution in [0.1, 0.15) is 6.92 Å². The van der Waals surface area contributed by atoms with Crippen molar-refractivity contribution in [3.8, 4) is 0 Å². The molecule has 0 unspecified atom stereocenters. The summed E-state index contributed by atoms with van der Waals surface area (Å²) in [5.74, 6) is 0. The zero-order valence-corrected chi connectivity index (χ0v) is 17.2. The lowest BCUT2D eigenvalue weighted by molar-refractivity contribution is 0.311. The molecule has 0 heterocycles. The number of aliphatic hydroxyl groups excluding tert-OH is 1. The summed E-state index contributed by atoms with van der Waals surface area (Å²) in [5, 5.41) is 14.0. The van der Waals surface area contributed by atoms with Crippen LogP contribution in [0.5, 0.6) is 0 Å². The Labute approximate surface area is 169 Å². The lowest BCUT2D eigenvalue weighted by Crippen LogP contribution is -2.10. The van der Waals surface area contributed by atoms with E-state index in [2.05, 4.69) is 10.6 Å². The number of hydrogen-bond donors (Lipinski definition) is 7. The first-order valence-electron chi connectivity index (χ1n) is 8.22. The maximum absolute atomic E-state index is 11.0. The molecule has 11 nitrogen and oxygen atoms in total. The van der Waals surface area contributed by atoms with E-state index in [9.17, 15) is 16.8 Å². The molecule has 0 saturated carbocycles. The van der Waals surface area contributed by atoms with Crippen molar-refractivity contribution < 1.29 is 31.0 Å². The highest BCUT2D eigenvalue weighted by molar-refractivity contribution is 7.86. The number of rotatable bonds is 7. The van der Waals surface area contributed by atoms with Crippen LogP contribution in [0.3, 0.4) is 0 Å². The third-order valence-electron chi connectivity index (χ3n) is 3.36. The second-order valence-corrected chi connectivity index (χ2v) is 8.42. The van der Waals surface area contributed by atoms with E-state index in [4.69, 9.17) is 25.7 Å². The Morgan fingerprint density at radius 3 is 1.59 bits per heavy atom. The van der Waals surface area contributed by atoms with Gasteiger partial charge < -0.3 is 27.2 Å². The Hall–Kier alpha value is -2.58. The van der Waals surface area contributed by atoms with Crippen LogP contribution in [0.4, 0.5) is 22.7 Å². The van der Waals surface area contributed by atoms with Gasteiger partial charge in [-0.25, -0.2) is 0 Å². The molecule has 2 aromatic carbocycles. The van der Waals surface area contributed by atoms with Crippen molar-refractivity contribution >= 4 is 43.0 Å². The van der Waals surface area contributed by atoms with Crippen LogP contribution >= 0.6 is 0 Å². The minimum absolute atomic E-state index is 0.144. The van der Waals surface area contributed by atoms with Gasteiger partial charge in [0.2, 0.25) is 0 Å². The molecule has 0 saturated heterocycles. The van der Waals surface area contributed by atoms with Crippen molar-refractivity contribution in [2.75, 3.05) is 41.8 Å². The predicted octanol–water partition coefficient (Wildman–Crippen LogP) is 0.867. The first-order chi connectivity index (χ1) is 13.4. The standard InChI is InChI=1S/C8H12N2O4S.C8H12N2O3S/c9-6-1-2-7(10-3-4-11)8(5-6)15(12,13)14;1-2-10-7-4-3-6(9)5-8(7)14(11,12)13/h1-2,5,10-11H,3-4,9H2,(H,12,13,14);3-5,10H,2,9H2,1H3,(H,11,12,13). The van der Waals surface area contributed by atoms with Gasteiger partial charge >= 0.3 is 0 Å². The molecule has 0 spiro atoms. The third-order valence-corrected chi connectivity index (χ3v) is 5.15. The van der Waals surface area contributed by atoms with Crippen LogP contribution < -0.4 is 22.1 Å². The predicted molar refractivity (Wildman–Crippen MR) is 111 cm³/mol. The number of hydrogen-bond acceptors (Lipinski definition) is 9. The summed E-state index contributed by atoms with van der Waals surface area (Å²) in [4.78, 5) is -0.490. The van der Waals surface area contributed by atoms with Crippen molar-refractivity contribution in [3.63, 3.8) is 0 Å². The van der Waals surface area contributed by atoms with Gasteiger partial charge in [0, 0.05) is 24.5 Å². The lowest BCUT2D eigenvalue weighted by atomic mass is 10.3. The highest BCUT2D eigenvalue weighted by Crippen LogP contribution is 2.24. The maximum atomic E-state index is 11.0. The van der Waals surface area contributed by atoms with Gasteiger partial charge in [-0.3, -0.25) is 9.11 Å². The minimum atomic E-state index is -4.31. The molecule has 0 bridgehead atoms. The molecule has 0 aromatic heterocycles. The smallest absolute Gasteiger partial charge is 0.296 e. The normalized spacial score (nSPS) is 11.3. The Kier molecular flexibility index (Phi) is 8.66. The van der Waals surface area contributed by atoms with Crippen LogP contribution in [0.25, 0.3) is 0 Å². The van der Waals surface area contributed by atoms with E-state index in [0.29, 0.717) is 17.9 Å². The molecular weight excluding hydrogens is 424 g/mol. The summed E-state index contributed by atoms with van der Waals surface area (Å²) in [7, 11) is -8.53. The second kappa shape index (κ2) is 10.3. The molecule has 9 N–H and O–H groups in total. The molecule has 29 heavy (non-hydrogen) atoms. The van der Waals surface area contributed by atoms with Gasteiger partial charge in [-0.2, -0.15) is 16.8 Å². The molecule has 2 rings (SSSR count). The summed E-state index contributed by atoms with van der Waals surface area (Å²) in [5.41, 5.74) is 11.9. The van der Waals surface area contributed by atoms with Crippen LogP contribution in [0, 0.1) is 0 Å². The summed E-state index contributed by atoms with van der Waals surface area (Å²) < 4.78 is 61.6. The van der Waals surface area contributed by atoms with E-state index >= 15 is 0 Å². The molecule has 0 aliphatic heterocycles. The van der Waals surface area contributed by atoms with E-state index in [1.165, 1.54) is 24.3 Å². The van der Waals surface area contributed by atoms with E-state index in [1.54, 1.807) is 6.07 Å². The first-order valence-corrected chi connectivity index (χ1v) is 11.1. The Morgan fingerprint density at radius 2 is 1.24 bits per heavy atom. The van der Waals surface area contributed by atoms with Crippen molar-refractivity contribution in [3.05, 3.63) is 36.4 Å². The van der Waals surface area contributed by atoms with Gasteiger partial charge in [-0.1, -0.05) is 0 Å². The molecular formula is C16H24N4O7S2. The van der Waals surface area contributed by atoms with Gasteiger partial charge in [0.15, 0.2) is 0 Å². The van der Waals surface area contributed by atoms with Gasteiger partial charge in [0.1, 0.15) is 9.79 Å². The van der Waals surface area contributed by atoms with E-state index in [1.807, 2.05) is 6.92 Å². The second-order valence-electron chi connectivity index (χ2n) is 5.64. The van der Waals surface area contributed by atoms with E-state index in [0.717, 1.165) is 6.07 Å². The molecule has 0 radical (unpaired) electrons. The number of anilines is 4. The molecule has 2 aromatic rings. The van der Waals surface area contributed by atoms with E-state index in [-0.39, 0.29) is 34.3 Å². The maximum Gasteiger partial charge on any atom is 0.296 e. The Bertz CT molecular complexity index is 1040. The van der Waals surface area contributed by atoms with Gasteiger partial charge in [0.25, 0.3) is 20.2 Å². The summed E-state index contributed by atoms with van der Waals surface area (Å²) in [6, 6.07) is 8.36. The van der Waals surface area contributed by atoms with Gasteiger partial charge in [-0.05, 0) is 43.3 Å². The van der Waals surface area contributed by atoms with Crippen molar-refractivity contribution in [1.29, 1.82) is 0 Å². The average Bonchev–Trinajstić information content (AvgIpc) is 2.61. The summed E-state index contributed by atoms with van der Waals surface area (Å²) in [6.45, 7) is 2.43. The summed E-state index contributed by atoms with van der Waals surface area (Å²) >= 11 is 0. The van der Waals surface area contributed by atoms with Crippen LogP contribution in [0.2, 0.25) is 0 Å². The minimum Gasteiger partial charge on any atom is -0.399 e. The Balaban J connectivity index is 0.000000291. The number of nitrogens with one attached hydrogen (secondary N) is 2. The fraction of sp³-hybridized carbons (Fsp3) is 0.250. The molecule has 0 amide bonds. The SMILES string of the molecule is CCNc1ccc(N)cc1S(=O)(=O)O.Nc1ccc(NCCO)c(S(=O)(=O)O)c1. The fourth-order valence-corrected chi connectivity index (χ4v) is 3.58. The third kappa shape index (κ3) is 7.75. The fourth-order valence-electron chi connectivity index (χ4n) is 2.18. The number of aliphatic hydroxyl groups is 1. The lowest BCUT2D eigenvalue weighted by Gasteiger charge is -2.09. The molecule has 162 valence electrons. The topological polar surface area (TPSA) is 205 Å². The molecule has 0 atom stereocenters. The molecule has 13 heteroatoms. The number of nitrogens with two attached hydrogens (primary N) is 2. The average molecular weight is 449 g/mol. The number of nitrogen functional groups attached to an aromatic ring is 2. The number of benzene rings is 2. The largest absolute Gasteiger partial charge is 0.399 e. The highest BCUT2D eigenvalue weighted by Gasteiger charge is 2.16. The first kappa shape index (κ1) is 24.5. The van der Waals surface area contributed by atoms with Crippen molar-refractivity contribution in [2.45, 2.75) is 16.7 Å². The van der Waals surface area contributed by atoms with Crippen LogP contribution in [0.15, 0.2) is 46.2 Å². The zero-order valence-electron chi connectivity index (χ0n) is 15.5. The van der Waals surface area contributed by atoms with E-state index < -0.39 is 20.2 Å². The Morgan fingerprint density at radius 1 is 0.828 bits per heavy atom. The van der Waals surface area contributed by atoms with Crippen molar-refractivity contribution in [1.82, 2.24) is 0 Å².